The summed E-state index contributed by atoms with van der Waals surface area (Å²) in [5.74, 6) is 0. The lowest BCUT2D eigenvalue weighted by molar-refractivity contribution is 0.590. The van der Waals surface area contributed by atoms with E-state index in [0.717, 1.165) is 133 Å². The third-order valence-corrected chi connectivity index (χ3v) is 17.1. The van der Waals surface area contributed by atoms with E-state index in [2.05, 4.69) is 263 Å². The average Bonchev–Trinajstić information content (AvgIpc) is 2.39. The molecule has 2 aliphatic heterocycles. The van der Waals surface area contributed by atoms with Crippen LogP contribution in [0.25, 0.3) is 116 Å². The Morgan fingerprint density at radius 1 is 0.405 bits per heavy atom. The second kappa shape index (κ2) is 16.6. The lowest BCUT2D eigenvalue weighted by Gasteiger charge is -2.42. The zero-order chi connectivity index (χ0) is 53.1. The summed E-state index contributed by atoms with van der Waals surface area (Å²) in [6.45, 7) is 13.6. The molecule has 0 fully saturated rings. The van der Waals surface area contributed by atoms with E-state index < -0.39 is 0 Å². The normalized spacial score (nSPS) is 13.1. The Balaban J connectivity index is 1.11. The molecule has 5 nitrogen and oxygen atoms in total. The molecule has 10 aromatic carbocycles. The second-order valence-electron chi connectivity index (χ2n) is 23.9. The lowest BCUT2D eigenvalue weighted by atomic mass is 9.33. The van der Waals surface area contributed by atoms with Gasteiger partial charge in [-0.05, 0) is 121 Å². The third kappa shape index (κ3) is 6.80. The fourth-order valence-electron chi connectivity index (χ4n) is 13.3. The number of furan rings is 2. The lowest BCUT2D eigenvalue weighted by Crippen LogP contribution is -2.60. The first kappa shape index (κ1) is 45.8. The van der Waals surface area contributed by atoms with E-state index in [1.807, 2.05) is 6.20 Å². The van der Waals surface area contributed by atoms with Gasteiger partial charge >= 0.3 is 0 Å². The van der Waals surface area contributed by atoms with Crippen molar-refractivity contribution in [2.45, 2.75) is 52.4 Å². The number of para-hydroxylation sites is 4. The predicted molar refractivity (Wildman–Crippen MR) is 332 cm³/mol. The molecule has 0 bridgehead atoms. The molecule has 14 aromatic rings. The van der Waals surface area contributed by atoms with Crippen LogP contribution in [0.1, 0.15) is 52.7 Å². The molecule has 0 saturated heterocycles. The van der Waals surface area contributed by atoms with Crippen LogP contribution in [0, 0.1) is 0 Å². The number of hydrogen-bond donors (Lipinski definition) is 0. The fraction of sp³-hybridized carbons (Fsp3) is 0.110. The summed E-state index contributed by atoms with van der Waals surface area (Å²) >= 11 is 0. The summed E-state index contributed by atoms with van der Waals surface area (Å²) in [5.41, 5.74) is 25.0. The molecule has 79 heavy (non-hydrogen) atoms. The van der Waals surface area contributed by atoms with Crippen molar-refractivity contribution in [2.24, 2.45) is 0 Å². The molecule has 0 atom stereocenters. The minimum atomic E-state index is -0.271. The first-order valence-corrected chi connectivity index (χ1v) is 27.6. The molecule has 376 valence electrons. The van der Waals surface area contributed by atoms with Crippen molar-refractivity contribution in [1.29, 1.82) is 0 Å². The van der Waals surface area contributed by atoms with Crippen LogP contribution in [0.4, 0.5) is 17.1 Å². The summed E-state index contributed by atoms with van der Waals surface area (Å²) in [5, 5.41) is 6.79. The number of pyridine rings is 1. The Labute approximate surface area is 459 Å². The Bertz CT molecular complexity index is 4810. The fourth-order valence-corrected chi connectivity index (χ4v) is 13.3. The van der Waals surface area contributed by atoms with Gasteiger partial charge in [-0.1, -0.05) is 193 Å². The Kier molecular flexibility index (Phi) is 9.60. The van der Waals surface area contributed by atoms with Crippen LogP contribution in [0.2, 0.25) is 0 Å². The summed E-state index contributed by atoms with van der Waals surface area (Å²) in [6, 6.07) is 78.5. The molecule has 0 N–H and O–H groups in total. The predicted octanol–water partition coefficient (Wildman–Crippen LogP) is 17.9. The van der Waals surface area contributed by atoms with Crippen molar-refractivity contribution in [3.63, 3.8) is 0 Å². The van der Waals surface area contributed by atoms with Crippen LogP contribution in [-0.2, 0) is 10.8 Å². The van der Waals surface area contributed by atoms with E-state index in [1.165, 1.54) is 27.4 Å². The molecule has 2 aliphatic rings. The van der Waals surface area contributed by atoms with Crippen molar-refractivity contribution in [1.82, 2.24) is 9.55 Å². The number of hydrogen-bond acceptors (Lipinski definition) is 4. The molecule has 0 aliphatic carbocycles. The molecular weight excluding hydrogens is 962 g/mol. The van der Waals surface area contributed by atoms with Crippen LogP contribution >= 0.6 is 0 Å². The Morgan fingerprint density at radius 2 is 1.01 bits per heavy atom. The van der Waals surface area contributed by atoms with Crippen molar-refractivity contribution < 1.29 is 8.83 Å². The highest BCUT2D eigenvalue weighted by molar-refractivity contribution is 7.01. The van der Waals surface area contributed by atoms with Gasteiger partial charge in [0.05, 0.1) is 22.4 Å². The van der Waals surface area contributed by atoms with Gasteiger partial charge in [0, 0.05) is 72.3 Å². The quantitative estimate of drug-likeness (QED) is 0.161. The van der Waals surface area contributed by atoms with E-state index in [1.54, 1.807) is 0 Å². The van der Waals surface area contributed by atoms with Gasteiger partial charge in [0.15, 0.2) is 0 Å². The highest BCUT2D eigenvalue weighted by Crippen LogP contribution is 2.52. The second-order valence-corrected chi connectivity index (χ2v) is 23.9. The van der Waals surface area contributed by atoms with Crippen molar-refractivity contribution in [3.05, 3.63) is 230 Å². The van der Waals surface area contributed by atoms with Gasteiger partial charge in [-0.2, -0.15) is 0 Å². The molecule has 0 amide bonds. The van der Waals surface area contributed by atoms with Gasteiger partial charge in [0.25, 0.3) is 6.71 Å². The summed E-state index contributed by atoms with van der Waals surface area (Å²) in [4.78, 5) is 7.61. The standard InChI is InChI=1S/C73H54BN3O2/c1-72(2,3)48-23-16-21-45(35-48)50-28-18-29-51(46-22-17-24-49(36-46)73(4,5)6)69(50)77-61-41-55-53-26-11-14-31-64(53)78-66(55)42-58(61)74-67-62(38-47(39-63(67)77)44-33-34-75-59(37-44)43-19-8-7-9-20-43)76-60-30-13-10-25-52(60)56-40-57-54-27-12-15-32-65(54)79-71(57)68(74)70(56)76/h7-42H,1-6H3. The SMILES string of the molecule is CC(C)(C)c1cccc(-c2cccc(-c3cccc(C(C)(C)C)c3)c2N2c3cc4c(cc3B3c5c2cc(-c2ccnc(-c6ccccc6)c2)cc5-n2c5ccccc5c5cc6c(oc7ccccc76)c3c52)oc2ccccc24)c1. The first-order valence-electron chi connectivity index (χ1n) is 27.6. The van der Waals surface area contributed by atoms with Gasteiger partial charge in [-0.15, -0.1) is 0 Å². The zero-order valence-electron chi connectivity index (χ0n) is 45.0. The number of benzene rings is 10. The number of fused-ring (bicyclic) bond motifs is 14. The molecule has 16 rings (SSSR count). The zero-order valence-corrected chi connectivity index (χ0v) is 45.0. The Morgan fingerprint density at radius 3 is 1.72 bits per heavy atom. The highest BCUT2D eigenvalue weighted by atomic mass is 16.3. The summed E-state index contributed by atoms with van der Waals surface area (Å²) in [7, 11) is 0. The van der Waals surface area contributed by atoms with Crippen molar-refractivity contribution in [3.8, 4) is 50.3 Å². The molecule has 4 aromatic heterocycles. The molecule has 6 heteroatoms. The molecular formula is C73H54BN3O2. The molecule has 0 radical (unpaired) electrons. The van der Waals surface area contributed by atoms with E-state index in [-0.39, 0.29) is 17.5 Å². The van der Waals surface area contributed by atoms with E-state index in [4.69, 9.17) is 13.8 Å². The Hall–Kier alpha value is -9.39. The largest absolute Gasteiger partial charge is 0.457 e. The average molecular weight is 1020 g/mol. The minimum Gasteiger partial charge on any atom is -0.457 e. The third-order valence-electron chi connectivity index (χ3n) is 17.1. The topological polar surface area (TPSA) is 47.3 Å². The minimum absolute atomic E-state index is 0.0789. The maximum absolute atomic E-state index is 7.26. The summed E-state index contributed by atoms with van der Waals surface area (Å²) < 4.78 is 16.8. The summed E-state index contributed by atoms with van der Waals surface area (Å²) in [6.07, 6.45) is 1.97. The number of aromatic nitrogens is 2. The number of anilines is 3. The maximum Gasteiger partial charge on any atom is 0.257 e. The molecule has 0 spiro atoms. The van der Waals surface area contributed by atoms with Gasteiger partial charge < -0.3 is 18.3 Å². The van der Waals surface area contributed by atoms with Gasteiger partial charge in [0.1, 0.15) is 22.3 Å². The molecule has 0 unspecified atom stereocenters. The van der Waals surface area contributed by atoms with Crippen LogP contribution in [0.5, 0.6) is 0 Å². The number of rotatable bonds is 5. The first-order chi connectivity index (χ1) is 38.4. The van der Waals surface area contributed by atoms with Crippen LogP contribution in [0.15, 0.2) is 227 Å². The highest BCUT2D eigenvalue weighted by Gasteiger charge is 2.46. The molecule has 0 saturated carbocycles. The monoisotopic (exact) mass is 1020 g/mol. The van der Waals surface area contributed by atoms with Gasteiger partial charge in [0.2, 0.25) is 0 Å². The van der Waals surface area contributed by atoms with Gasteiger partial charge in [-0.3, -0.25) is 4.98 Å². The van der Waals surface area contributed by atoms with Crippen LogP contribution in [0.3, 0.4) is 0 Å². The van der Waals surface area contributed by atoms with Crippen LogP contribution < -0.4 is 21.3 Å². The van der Waals surface area contributed by atoms with E-state index in [0.29, 0.717) is 0 Å². The van der Waals surface area contributed by atoms with E-state index in [9.17, 15) is 0 Å². The smallest absolute Gasteiger partial charge is 0.257 e. The van der Waals surface area contributed by atoms with Crippen molar-refractivity contribution in [2.75, 3.05) is 4.90 Å². The van der Waals surface area contributed by atoms with Gasteiger partial charge in [-0.25, -0.2) is 0 Å². The molecule has 6 heterocycles. The van der Waals surface area contributed by atoms with E-state index >= 15 is 0 Å². The maximum atomic E-state index is 7.26. The van der Waals surface area contributed by atoms with Crippen LogP contribution in [-0.4, -0.2) is 16.3 Å². The number of nitrogens with zero attached hydrogens (tertiary/aromatic N) is 3. The van der Waals surface area contributed by atoms with Crippen molar-refractivity contribution >= 4 is 106 Å².